The predicted octanol–water partition coefficient (Wildman–Crippen LogP) is 6.85. The molecule has 0 aliphatic heterocycles. The molecular weight excluding hydrogens is 491 g/mol. The standard InChI is InChI=1S/C25H30Cl2N4O2S/c1-3-4-5-6-7-11-24(32)28-16-23-29-30-25(31(23)22-13-12-19(26)15-21(22)27)34-17-18-9-8-10-20(14-18)33-2/h8-10,12-15H,3-7,11,16-17H2,1-2H3,(H,28,32). The minimum atomic E-state index is 0.0128. The first-order chi connectivity index (χ1) is 16.5. The molecule has 1 heterocycles. The summed E-state index contributed by atoms with van der Waals surface area (Å²) in [7, 11) is 1.65. The maximum atomic E-state index is 12.4. The van der Waals surface area contributed by atoms with Crippen LogP contribution in [0.15, 0.2) is 47.6 Å². The number of methoxy groups -OCH3 is 1. The summed E-state index contributed by atoms with van der Waals surface area (Å²) < 4.78 is 7.20. The molecule has 0 saturated heterocycles. The molecule has 0 fully saturated rings. The largest absolute Gasteiger partial charge is 0.497 e. The number of carbonyl (C=O) groups is 1. The van der Waals surface area contributed by atoms with Crippen molar-refractivity contribution in [2.45, 2.75) is 62.9 Å². The van der Waals surface area contributed by atoms with E-state index in [1.807, 2.05) is 34.9 Å². The summed E-state index contributed by atoms with van der Waals surface area (Å²) in [6.45, 7) is 2.44. The molecule has 0 saturated carbocycles. The molecule has 0 unspecified atom stereocenters. The zero-order valence-corrected chi connectivity index (χ0v) is 21.8. The highest BCUT2D eigenvalue weighted by Gasteiger charge is 2.18. The lowest BCUT2D eigenvalue weighted by Gasteiger charge is -2.13. The average Bonchev–Trinajstić information content (AvgIpc) is 3.24. The first-order valence-corrected chi connectivity index (χ1v) is 13.2. The highest BCUT2D eigenvalue weighted by Crippen LogP contribution is 2.31. The number of aromatic nitrogens is 3. The van der Waals surface area contributed by atoms with Gasteiger partial charge in [0.25, 0.3) is 0 Å². The predicted molar refractivity (Wildman–Crippen MR) is 139 cm³/mol. The number of thioether (sulfide) groups is 1. The van der Waals surface area contributed by atoms with Gasteiger partial charge >= 0.3 is 0 Å². The van der Waals surface area contributed by atoms with Gasteiger partial charge in [-0.25, -0.2) is 0 Å². The fraction of sp³-hybridized carbons (Fsp3) is 0.400. The molecule has 1 amide bonds. The first kappa shape index (κ1) is 26.4. The lowest BCUT2D eigenvalue weighted by molar-refractivity contribution is -0.121. The molecule has 0 atom stereocenters. The van der Waals surface area contributed by atoms with E-state index in [-0.39, 0.29) is 12.5 Å². The quantitative estimate of drug-likeness (QED) is 0.197. The maximum Gasteiger partial charge on any atom is 0.220 e. The van der Waals surface area contributed by atoms with Crippen LogP contribution in [0.5, 0.6) is 5.75 Å². The van der Waals surface area contributed by atoms with E-state index in [0.717, 1.165) is 24.2 Å². The van der Waals surface area contributed by atoms with Gasteiger partial charge in [-0.05, 0) is 42.3 Å². The third-order valence-electron chi connectivity index (χ3n) is 5.30. The zero-order valence-electron chi connectivity index (χ0n) is 19.5. The van der Waals surface area contributed by atoms with Crippen LogP contribution in [0.25, 0.3) is 5.69 Å². The highest BCUT2D eigenvalue weighted by molar-refractivity contribution is 7.98. The molecule has 9 heteroatoms. The third-order valence-corrected chi connectivity index (χ3v) is 6.84. The van der Waals surface area contributed by atoms with E-state index < -0.39 is 0 Å². The van der Waals surface area contributed by atoms with Gasteiger partial charge < -0.3 is 10.1 Å². The van der Waals surface area contributed by atoms with Crippen LogP contribution in [0.4, 0.5) is 0 Å². The lowest BCUT2D eigenvalue weighted by atomic mass is 10.1. The molecule has 182 valence electrons. The minimum absolute atomic E-state index is 0.0128. The fourth-order valence-electron chi connectivity index (χ4n) is 3.48. The second kappa shape index (κ2) is 13.6. The van der Waals surface area contributed by atoms with Gasteiger partial charge in [-0.2, -0.15) is 0 Å². The molecule has 0 aliphatic carbocycles. The maximum absolute atomic E-state index is 12.4. The molecule has 3 rings (SSSR count). The van der Waals surface area contributed by atoms with Crippen LogP contribution < -0.4 is 10.1 Å². The number of hydrogen-bond donors (Lipinski definition) is 1. The number of nitrogens with zero attached hydrogens (tertiary/aromatic N) is 3. The number of carbonyl (C=O) groups excluding carboxylic acids is 1. The highest BCUT2D eigenvalue weighted by atomic mass is 35.5. The zero-order chi connectivity index (χ0) is 24.3. The normalized spacial score (nSPS) is 10.9. The molecule has 0 aliphatic rings. The number of unbranched alkanes of at least 4 members (excludes halogenated alkanes) is 4. The van der Waals surface area contributed by atoms with E-state index in [2.05, 4.69) is 22.4 Å². The number of amides is 1. The molecule has 0 bridgehead atoms. The van der Waals surface area contributed by atoms with Gasteiger partial charge in [0, 0.05) is 17.2 Å². The van der Waals surface area contributed by atoms with Crippen molar-refractivity contribution in [2.75, 3.05) is 7.11 Å². The molecule has 6 nitrogen and oxygen atoms in total. The Balaban J connectivity index is 1.74. The number of halogens is 2. The first-order valence-electron chi connectivity index (χ1n) is 11.4. The number of benzene rings is 2. The number of rotatable bonds is 13. The molecule has 3 aromatic rings. The summed E-state index contributed by atoms with van der Waals surface area (Å²) in [6.07, 6.45) is 6.04. The summed E-state index contributed by atoms with van der Waals surface area (Å²) in [5.74, 6) is 2.10. The summed E-state index contributed by atoms with van der Waals surface area (Å²) in [5.41, 5.74) is 1.81. The van der Waals surface area contributed by atoms with E-state index >= 15 is 0 Å². The van der Waals surface area contributed by atoms with Crippen molar-refractivity contribution in [1.82, 2.24) is 20.1 Å². The van der Waals surface area contributed by atoms with E-state index in [1.165, 1.54) is 31.0 Å². The van der Waals surface area contributed by atoms with E-state index in [4.69, 9.17) is 27.9 Å². The van der Waals surface area contributed by atoms with Gasteiger partial charge in [0.1, 0.15) is 5.75 Å². The Kier molecular flexibility index (Phi) is 10.6. The number of nitrogens with one attached hydrogen (secondary N) is 1. The fourth-order valence-corrected chi connectivity index (χ4v) is 4.88. The SMILES string of the molecule is CCCCCCCC(=O)NCc1nnc(SCc2cccc(OC)c2)n1-c1ccc(Cl)cc1Cl. The van der Waals surface area contributed by atoms with Crippen LogP contribution in [0.3, 0.4) is 0 Å². The van der Waals surface area contributed by atoms with Gasteiger partial charge in [0.2, 0.25) is 5.91 Å². The van der Waals surface area contributed by atoms with Gasteiger partial charge in [-0.1, -0.05) is 79.7 Å². The van der Waals surface area contributed by atoms with Crippen LogP contribution in [-0.2, 0) is 17.1 Å². The Bertz CT molecular complexity index is 1090. The van der Waals surface area contributed by atoms with E-state index in [9.17, 15) is 4.79 Å². The van der Waals surface area contributed by atoms with Crippen molar-refractivity contribution < 1.29 is 9.53 Å². The van der Waals surface area contributed by atoms with Crippen LogP contribution >= 0.6 is 35.0 Å². The Morgan fingerprint density at radius 3 is 2.68 bits per heavy atom. The smallest absolute Gasteiger partial charge is 0.220 e. The Morgan fingerprint density at radius 2 is 1.91 bits per heavy atom. The number of ether oxygens (including phenoxy) is 1. The van der Waals surface area contributed by atoms with Crippen molar-refractivity contribution in [2.24, 2.45) is 0 Å². The average molecular weight is 522 g/mol. The molecule has 0 radical (unpaired) electrons. The van der Waals surface area contributed by atoms with Crippen molar-refractivity contribution >= 4 is 40.9 Å². The second-order valence-electron chi connectivity index (χ2n) is 7.91. The minimum Gasteiger partial charge on any atom is -0.497 e. The van der Waals surface area contributed by atoms with Crippen LogP contribution in [0.2, 0.25) is 10.0 Å². The summed E-state index contributed by atoms with van der Waals surface area (Å²) in [5, 5.41) is 13.4. The van der Waals surface area contributed by atoms with Crippen molar-refractivity contribution in [1.29, 1.82) is 0 Å². The Labute approximate surface area is 215 Å². The summed E-state index contributed by atoms with van der Waals surface area (Å²) >= 11 is 14.2. The molecule has 0 spiro atoms. The van der Waals surface area contributed by atoms with Crippen molar-refractivity contribution in [3.8, 4) is 11.4 Å². The van der Waals surface area contributed by atoms with Gasteiger partial charge in [-0.15, -0.1) is 10.2 Å². The molecular formula is C25H30Cl2N4O2S. The van der Waals surface area contributed by atoms with Crippen LogP contribution in [0.1, 0.15) is 56.8 Å². The Hall–Kier alpha value is -2.22. The van der Waals surface area contributed by atoms with Gasteiger partial charge in [0.05, 0.1) is 24.4 Å². The molecule has 1 N–H and O–H groups in total. The molecule has 2 aromatic carbocycles. The van der Waals surface area contributed by atoms with E-state index in [1.54, 1.807) is 19.2 Å². The van der Waals surface area contributed by atoms with Crippen molar-refractivity contribution in [3.05, 3.63) is 63.9 Å². The summed E-state index contributed by atoms with van der Waals surface area (Å²) in [6, 6.07) is 13.2. The monoisotopic (exact) mass is 520 g/mol. The second-order valence-corrected chi connectivity index (χ2v) is 9.70. The molecule has 34 heavy (non-hydrogen) atoms. The van der Waals surface area contributed by atoms with Crippen molar-refractivity contribution in [3.63, 3.8) is 0 Å². The van der Waals surface area contributed by atoms with E-state index in [0.29, 0.717) is 38.9 Å². The molecule has 1 aromatic heterocycles. The van der Waals surface area contributed by atoms with Crippen LogP contribution in [-0.4, -0.2) is 27.8 Å². The van der Waals surface area contributed by atoms with Gasteiger partial charge in [0.15, 0.2) is 11.0 Å². The van der Waals surface area contributed by atoms with Gasteiger partial charge in [-0.3, -0.25) is 9.36 Å². The number of hydrogen-bond acceptors (Lipinski definition) is 5. The van der Waals surface area contributed by atoms with Crippen LogP contribution in [0, 0.1) is 0 Å². The summed E-state index contributed by atoms with van der Waals surface area (Å²) in [4.78, 5) is 12.4. The topological polar surface area (TPSA) is 69.0 Å². The lowest BCUT2D eigenvalue weighted by Crippen LogP contribution is -2.24. The Morgan fingerprint density at radius 1 is 1.09 bits per heavy atom. The third kappa shape index (κ3) is 7.65.